The molecular weight excluding hydrogens is 250 g/mol. The van der Waals surface area contributed by atoms with Crippen LogP contribution < -0.4 is 4.74 Å². The number of methoxy groups -OCH3 is 1. The summed E-state index contributed by atoms with van der Waals surface area (Å²) in [7, 11) is 1.65. The molecule has 1 aromatic carbocycles. The molecule has 0 saturated carbocycles. The monoisotopic (exact) mass is 265 g/mol. The van der Waals surface area contributed by atoms with Crippen molar-refractivity contribution in [3.63, 3.8) is 0 Å². The maximum absolute atomic E-state index is 5.70. The van der Waals surface area contributed by atoms with E-state index in [9.17, 15) is 0 Å². The van der Waals surface area contributed by atoms with Crippen molar-refractivity contribution in [3.05, 3.63) is 35.9 Å². The summed E-state index contributed by atoms with van der Waals surface area (Å²) < 4.78 is 10.9. The maximum atomic E-state index is 5.70. The molecule has 0 aliphatic heterocycles. The van der Waals surface area contributed by atoms with Gasteiger partial charge < -0.3 is 9.15 Å². The molecule has 0 radical (unpaired) electrons. The van der Waals surface area contributed by atoms with Gasteiger partial charge in [0.05, 0.1) is 24.8 Å². The van der Waals surface area contributed by atoms with Crippen molar-refractivity contribution in [2.75, 3.05) is 7.11 Å². The van der Waals surface area contributed by atoms with Crippen molar-refractivity contribution >= 4 is 11.6 Å². The van der Waals surface area contributed by atoms with E-state index in [2.05, 4.69) is 31.0 Å². The molecule has 0 unspecified atom stereocenters. The van der Waals surface area contributed by atoms with Gasteiger partial charge >= 0.3 is 0 Å². The minimum atomic E-state index is 0.270. The summed E-state index contributed by atoms with van der Waals surface area (Å²) >= 11 is 5.70. The Balaban J connectivity index is 2.49. The summed E-state index contributed by atoms with van der Waals surface area (Å²) in [5, 5.41) is 0. The Labute approximate surface area is 112 Å². The first-order valence-corrected chi connectivity index (χ1v) is 6.38. The van der Waals surface area contributed by atoms with Gasteiger partial charge in [-0.1, -0.05) is 19.9 Å². The van der Waals surface area contributed by atoms with E-state index >= 15 is 0 Å². The van der Waals surface area contributed by atoms with E-state index in [1.807, 2.05) is 6.07 Å². The molecule has 96 valence electrons. The molecular formula is C14H16ClNO2. The number of rotatable bonds is 4. The number of benzene rings is 1. The van der Waals surface area contributed by atoms with E-state index in [1.54, 1.807) is 13.3 Å². The van der Waals surface area contributed by atoms with Gasteiger partial charge in [-0.3, -0.25) is 0 Å². The summed E-state index contributed by atoms with van der Waals surface area (Å²) in [6.07, 6.45) is 1.68. The Hall–Kier alpha value is -1.48. The van der Waals surface area contributed by atoms with Crippen LogP contribution in [-0.2, 0) is 5.88 Å². The third kappa shape index (κ3) is 2.51. The lowest BCUT2D eigenvalue weighted by molar-refractivity contribution is 0.414. The van der Waals surface area contributed by atoms with Crippen molar-refractivity contribution in [1.82, 2.24) is 4.98 Å². The Morgan fingerprint density at radius 3 is 2.72 bits per heavy atom. The smallest absolute Gasteiger partial charge is 0.209 e. The normalized spacial score (nSPS) is 10.9. The third-order valence-corrected chi connectivity index (χ3v) is 3.05. The SMILES string of the molecule is COc1ccc(C(C)C)cc1-c1cnc(CCl)o1. The van der Waals surface area contributed by atoms with Gasteiger partial charge in [-0.25, -0.2) is 4.98 Å². The molecule has 1 heterocycles. The molecule has 0 atom stereocenters. The second-order valence-electron chi connectivity index (χ2n) is 4.37. The van der Waals surface area contributed by atoms with Gasteiger partial charge in [-0.15, -0.1) is 11.6 Å². The molecule has 2 rings (SSSR count). The van der Waals surface area contributed by atoms with E-state index in [0.717, 1.165) is 11.3 Å². The number of aromatic nitrogens is 1. The fraction of sp³-hybridized carbons (Fsp3) is 0.357. The quantitative estimate of drug-likeness (QED) is 0.777. The van der Waals surface area contributed by atoms with Crippen LogP contribution in [0.5, 0.6) is 5.75 Å². The van der Waals surface area contributed by atoms with Crippen LogP contribution >= 0.6 is 11.6 Å². The molecule has 0 amide bonds. The highest BCUT2D eigenvalue weighted by atomic mass is 35.5. The lowest BCUT2D eigenvalue weighted by Crippen LogP contribution is -1.92. The predicted molar refractivity (Wildman–Crippen MR) is 72.1 cm³/mol. The average Bonchev–Trinajstić information content (AvgIpc) is 2.86. The van der Waals surface area contributed by atoms with E-state index in [4.69, 9.17) is 20.8 Å². The van der Waals surface area contributed by atoms with Crippen LogP contribution in [0.25, 0.3) is 11.3 Å². The Kier molecular flexibility index (Phi) is 3.92. The molecule has 2 aromatic rings. The van der Waals surface area contributed by atoms with Crippen LogP contribution in [0.2, 0.25) is 0 Å². The molecule has 0 fully saturated rings. The van der Waals surface area contributed by atoms with Crippen LogP contribution in [0.15, 0.2) is 28.8 Å². The summed E-state index contributed by atoms with van der Waals surface area (Å²) in [5.41, 5.74) is 2.14. The van der Waals surface area contributed by atoms with Crippen molar-refractivity contribution in [2.24, 2.45) is 0 Å². The van der Waals surface area contributed by atoms with Crippen molar-refractivity contribution in [3.8, 4) is 17.1 Å². The summed E-state index contributed by atoms with van der Waals surface area (Å²) in [5.74, 6) is 2.70. The van der Waals surface area contributed by atoms with E-state index in [0.29, 0.717) is 17.6 Å². The second kappa shape index (κ2) is 5.44. The lowest BCUT2D eigenvalue weighted by atomic mass is 9.99. The zero-order valence-corrected chi connectivity index (χ0v) is 11.5. The fourth-order valence-corrected chi connectivity index (χ4v) is 1.90. The Morgan fingerprint density at radius 1 is 1.39 bits per heavy atom. The highest BCUT2D eigenvalue weighted by molar-refractivity contribution is 6.16. The topological polar surface area (TPSA) is 35.3 Å². The number of hydrogen-bond acceptors (Lipinski definition) is 3. The number of halogens is 1. The van der Waals surface area contributed by atoms with E-state index < -0.39 is 0 Å². The van der Waals surface area contributed by atoms with Gasteiger partial charge in [-0.2, -0.15) is 0 Å². The highest BCUT2D eigenvalue weighted by Gasteiger charge is 2.13. The van der Waals surface area contributed by atoms with Gasteiger partial charge in [-0.05, 0) is 23.6 Å². The minimum absolute atomic E-state index is 0.270. The second-order valence-corrected chi connectivity index (χ2v) is 4.63. The molecule has 1 aromatic heterocycles. The van der Waals surface area contributed by atoms with Crippen LogP contribution in [0.4, 0.5) is 0 Å². The predicted octanol–water partition coefficient (Wildman–Crippen LogP) is 4.21. The van der Waals surface area contributed by atoms with Gasteiger partial charge in [0, 0.05) is 0 Å². The lowest BCUT2D eigenvalue weighted by Gasteiger charge is -2.10. The summed E-state index contributed by atoms with van der Waals surface area (Å²) in [6, 6.07) is 6.08. The van der Waals surface area contributed by atoms with Gasteiger partial charge in [0.2, 0.25) is 5.89 Å². The van der Waals surface area contributed by atoms with Crippen molar-refractivity contribution in [1.29, 1.82) is 0 Å². The first-order chi connectivity index (χ1) is 8.65. The number of ether oxygens (including phenoxy) is 1. The molecule has 0 N–H and O–H groups in total. The number of alkyl halides is 1. The molecule has 4 heteroatoms. The molecule has 0 aliphatic carbocycles. The largest absolute Gasteiger partial charge is 0.496 e. The molecule has 3 nitrogen and oxygen atoms in total. The van der Waals surface area contributed by atoms with Crippen LogP contribution in [0.3, 0.4) is 0 Å². The summed E-state index contributed by atoms with van der Waals surface area (Å²) in [4.78, 5) is 4.11. The first kappa shape index (κ1) is 13.0. The molecule has 0 spiro atoms. The zero-order valence-electron chi connectivity index (χ0n) is 10.7. The number of oxazole rings is 1. The van der Waals surface area contributed by atoms with E-state index in [-0.39, 0.29) is 5.88 Å². The Bertz CT molecular complexity index is 534. The average molecular weight is 266 g/mol. The minimum Gasteiger partial charge on any atom is -0.496 e. The van der Waals surface area contributed by atoms with Crippen LogP contribution in [-0.4, -0.2) is 12.1 Å². The van der Waals surface area contributed by atoms with Gasteiger partial charge in [0.15, 0.2) is 5.76 Å². The molecule has 18 heavy (non-hydrogen) atoms. The van der Waals surface area contributed by atoms with Gasteiger partial charge in [0.25, 0.3) is 0 Å². The summed E-state index contributed by atoms with van der Waals surface area (Å²) in [6.45, 7) is 4.30. The standard InChI is InChI=1S/C14H16ClNO2/c1-9(2)10-4-5-12(17-3)11(6-10)13-8-16-14(7-15)18-13/h4-6,8-9H,7H2,1-3H3. The molecule has 0 saturated heterocycles. The van der Waals surface area contributed by atoms with Crippen molar-refractivity contribution < 1.29 is 9.15 Å². The third-order valence-electron chi connectivity index (χ3n) is 2.82. The Morgan fingerprint density at radius 2 is 2.17 bits per heavy atom. The molecule has 0 bridgehead atoms. The molecule has 0 aliphatic rings. The number of nitrogens with zero attached hydrogens (tertiary/aromatic N) is 1. The van der Waals surface area contributed by atoms with Crippen molar-refractivity contribution in [2.45, 2.75) is 25.6 Å². The zero-order chi connectivity index (χ0) is 13.1. The number of hydrogen-bond donors (Lipinski definition) is 0. The maximum Gasteiger partial charge on any atom is 0.209 e. The fourth-order valence-electron chi connectivity index (χ4n) is 1.77. The first-order valence-electron chi connectivity index (χ1n) is 5.84. The van der Waals surface area contributed by atoms with Crippen LogP contribution in [0, 0.1) is 0 Å². The highest BCUT2D eigenvalue weighted by Crippen LogP contribution is 2.33. The van der Waals surface area contributed by atoms with Gasteiger partial charge in [0.1, 0.15) is 5.75 Å². The van der Waals surface area contributed by atoms with Crippen LogP contribution in [0.1, 0.15) is 31.2 Å². The van der Waals surface area contributed by atoms with E-state index in [1.165, 1.54) is 5.56 Å².